The van der Waals surface area contributed by atoms with E-state index in [9.17, 15) is 4.79 Å². The van der Waals surface area contributed by atoms with E-state index < -0.39 is 5.30 Å². The number of hydrogen-bond acceptors (Lipinski definition) is 5. The first-order valence-corrected chi connectivity index (χ1v) is 5.38. The summed E-state index contributed by atoms with van der Waals surface area (Å²) in [4.78, 5) is 19.3. The molecule has 4 nitrogen and oxygen atoms in total. The van der Waals surface area contributed by atoms with Gasteiger partial charge in [-0.3, -0.25) is 0 Å². The number of pyridine rings is 2. The second kappa shape index (κ2) is 5.27. The normalized spacial score (nSPS) is 9.75. The van der Waals surface area contributed by atoms with Crippen LogP contribution in [0.4, 0.5) is 4.79 Å². The monoisotopic (exact) mass is 232 g/mol. The van der Waals surface area contributed by atoms with E-state index in [2.05, 4.69) is 9.97 Å². The van der Waals surface area contributed by atoms with Crippen molar-refractivity contribution in [3.05, 3.63) is 48.8 Å². The van der Waals surface area contributed by atoms with E-state index in [1.807, 2.05) is 6.07 Å². The fraction of sp³-hybridized carbons (Fsp3) is 0. The Hall–Kier alpha value is -1.88. The van der Waals surface area contributed by atoms with Gasteiger partial charge in [-0.25, -0.2) is 14.8 Å². The summed E-state index contributed by atoms with van der Waals surface area (Å²) >= 11 is 0.926. The van der Waals surface area contributed by atoms with Gasteiger partial charge in [0.25, 0.3) is 0 Å². The van der Waals surface area contributed by atoms with Crippen LogP contribution in [0.3, 0.4) is 0 Å². The summed E-state index contributed by atoms with van der Waals surface area (Å²) in [5.41, 5.74) is 0. The van der Waals surface area contributed by atoms with Gasteiger partial charge in [-0.2, -0.15) is 0 Å². The van der Waals surface area contributed by atoms with Crippen LogP contribution in [0.1, 0.15) is 0 Å². The molecule has 2 aromatic rings. The molecule has 5 heteroatoms. The molecule has 0 N–H and O–H groups in total. The summed E-state index contributed by atoms with van der Waals surface area (Å²) in [7, 11) is 0. The Bertz CT molecular complexity index is 418. The van der Waals surface area contributed by atoms with Crippen LogP contribution in [0.2, 0.25) is 0 Å². The summed E-state index contributed by atoms with van der Waals surface area (Å²) in [5, 5.41) is 0.154. The minimum atomic E-state index is -0.447. The van der Waals surface area contributed by atoms with Crippen molar-refractivity contribution in [1.82, 2.24) is 9.97 Å². The molecule has 16 heavy (non-hydrogen) atoms. The molecule has 0 saturated heterocycles. The van der Waals surface area contributed by atoms with Gasteiger partial charge in [0.1, 0.15) is 5.03 Å². The lowest BCUT2D eigenvalue weighted by atomic mass is 10.5. The lowest BCUT2D eigenvalue weighted by molar-refractivity contribution is 0.225. The smallest absolute Gasteiger partial charge is 0.380 e. The summed E-state index contributed by atoms with van der Waals surface area (Å²) in [6, 6.07) is 10.5. The van der Waals surface area contributed by atoms with E-state index in [0.717, 1.165) is 11.8 Å². The Labute approximate surface area is 96.7 Å². The molecule has 0 radical (unpaired) electrons. The van der Waals surface area contributed by atoms with Crippen LogP contribution >= 0.6 is 11.8 Å². The topological polar surface area (TPSA) is 52.1 Å². The van der Waals surface area contributed by atoms with Gasteiger partial charge in [0, 0.05) is 30.2 Å². The molecule has 0 atom stereocenters. The highest BCUT2D eigenvalue weighted by Crippen LogP contribution is 2.18. The minimum absolute atomic E-state index is 0.288. The first-order chi connectivity index (χ1) is 7.84. The Morgan fingerprint density at radius 2 is 1.81 bits per heavy atom. The number of thioether (sulfide) groups is 1. The fourth-order valence-electron chi connectivity index (χ4n) is 1.01. The third kappa shape index (κ3) is 3.06. The van der Waals surface area contributed by atoms with Crippen LogP contribution in [0, 0.1) is 0 Å². The number of hydrogen-bond donors (Lipinski definition) is 0. The molecule has 2 heterocycles. The Balaban J connectivity index is 1.95. The Morgan fingerprint density at radius 3 is 2.44 bits per heavy atom. The largest absolute Gasteiger partial charge is 0.399 e. The lowest BCUT2D eigenvalue weighted by Gasteiger charge is -2.01. The maximum Gasteiger partial charge on any atom is 0.380 e. The first-order valence-electron chi connectivity index (χ1n) is 4.56. The molecule has 0 fully saturated rings. The third-order valence-electron chi connectivity index (χ3n) is 1.65. The van der Waals surface area contributed by atoms with Gasteiger partial charge in [0.2, 0.25) is 5.88 Å². The van der Waals surface area contributed by atoms with E-state index in [-0.39, 0.29) is 5.88 Å². The van der Waals surface area contributed by atoms with E-state index in [1.54, 1.807) is 42.7 Å². The maximum absolute atomic E-state index is 11.4. The van der Waals surface area contributed by atoms with Gasteiger partial charge in [0.05, 0.1) is 0 Å². The van der Waals surface area contributed by atoms with Crippen molar-refractivity contribution in [2.75, 3.05) is 0 Å². The predicted molar refractivity (Wildman–Crippen MR) is 60.4 cm³/mol. The van der Waals surface area contributed by atoms with E-state index in [4.69, 9.17) is 4.74 Å². The standard InChI is InChI=1S/C11H8N2O2S/c14-11(15-9-5-1-3-7-12-9)16-10-6-2-4-8-13-10/h1-8H. The number of nitrogens with zero attached hydrogens (tertiary/aromatic N) is 2. The number of ether oxygens (including phenoxy) is 1. The number of carbonyl (C=O) groups is 1. The van der Waals surface area contributed by atoms with Crippen LogP contribution in [0.5, 0.6) is 5.88 Å². The maximum atomic E-state index is 11.4. The van der Waals surface area contributed by atoms with E-state index >= 15 is 0 Å². The van der Waals surface area contributed by atoms with Crippen LogP contribution in [-0.2, 0) is 0 Å². The summed E-state index contributed by atoms with van der Waals surface area (Å²) in [5.74, 6) is 0.288. The fourth-order valence-corrected chi connectivity index (χ4v) is 1.56. The average Bonchev–Trinajstić information content (AvgIpc) is 2.31. The molecule has 0 aromatic carbocycles. The minimum Gasteiger partial charge on any atom is -0.399 e. The average molecular weight is 232 g/mol. The lowest BCUT2D eigenvalue weighted by Crippen LogP contribution is -2.01. The Kier molecular flexibility index (Phi) is 3.50. The van der Waals surface area contributed by atoms with Crippen LogP contribution in [0.25, 0.3) is 0 Å². The molecule has 0 saturated carbocycles. The highest BCUT2D eigenvalue weighted by atomic mass is 32.2. The van der Waals surface area contributed by atoms with Crippen LogP contribution in [-0.4, -0.2) is 15.3 Å². The number of aromatic nitrogens is 2. The van der Waals surface area contributed by atoms with Crippen LogP contribution < -0.4 is 4.74 Å². The molecule has 0 spiro atoms. The molecule has 80 valence electrons. The molecule has 0 bridgehead atoms. The molecule has 0 aliphatic rings. The molecule has 0 aliphatic heterocycles. The first kappa shape index (κ1) is 10.6. The molecular weight excluding hydrogens is 224 g/mol. The SMILES string of the molecule is O=C(Oc1ccccn1)Sc1ccccn1. The van der Waals surface area contributed by atoms with E-state index in [1.165, 1.54) is 0 Å². The van der Waals surface area contributed by atoms with Gasteiger partial charge in [-0.1, -0.05) is 12.1 Å². The van der Waals surface area contributed by atoms with Gasteiger partial charge in [-0.15, -0.1) is 0 Å². The van der Waals surface area contributed by atoms with Crippen molar-refractivity contribution in [2.45, 2.75) is 5.03 Å². The summed E-state index contributed by atoms with van der Waals surface area (Å²) < 4.78 is 4.99. The molecule has 2 rings (SSSR count). The summed E-state index contributed by atoms with van der Waals surface area (Å²) in [6.07, 6.45) is 3.18. The highest BCUT2D eigenvalue weighted by molar-refractivity contribution is 8.13. The highest BCUT2D eigenvalue weighted by Gasteiger charge is 2.08. The molecule has 0 aliphatic carbocycles. The molecular formula is C11H8N2O2S. The van der Waals surface area contributed by atoms with Crippen molar-refractivity contribution in [1.29, 1.82) is 0 Å². The molecule has 0 amide bonds. The molecule has 0 unspecified atom stereocenters. The second-order valence-corrected chi connectivity index (χ2v) is 3.75. The zero-order chi connectivity index (χ0) is 11.2. The predicted octanol–water partition coefficient (Wildman–Crippen LogP) is 2.77. The van der Waals surface area contributed by atoms with Gasteiger partial charge >= 0.3 is 5.30 Å². The Morgan fingerprint density at radius 1 is 1.06 bits per heavy atom. The second-order valence-electron chi connectivity index (χ2n) is 2.79. The van der Waals surface area contributed by atoms with Crippen molar-refractivity contribution in [3.63, 3.8) is 0 Å². The van der Waals surface area contributed by atoms with Crippen molar-refractivity contribution >= 4 is 17.1 Å². The van der Waals surface area contributed by atoms with Crippen LogP contribution in [0.15, 0.2) is 53.8 Å². The van der Waals surface area contributed by atoms with E-state index in [0.29, 0.717) is 5.03 Å². The van der Waals surface area contributed by atoms with Crippen molar-refractivity contribution in [2.24, 2.45) is 0 Å². The third-order valence-corrected chi connectivity index (χ3v) is 2.35. The number of carbonyl (C=O) groups excluding carboxylic acids is 1. The van der Waals surface area contributed by atoms with Crippen molar-refractivity contribution < 1.29 is 9.53 Å². The summed E-state index contributed by atoms with van der Waals surface area (Å²) in [6.45, 7) is 0. The molecule has 2 aromatic heterocycles. The van der Waals surface area contributed by atoms with Gasteiger partial charge in [0.15, 0.2) is 0 Å². The zero-order valence-electron chi connectivity index (χ0n) is 8.24. The quantitative estimate of drug-likeness (QED) is 0.588. The van der Waals surface area contributed by atoms with Crippen molar-refractivity contribution in [3.8, 4) is 5.88 Å². The van der Waals surface area contributed by atoms with Gasteiger partial charge in [-0.05, 0) is 18.2 Å². The van der Waals surface area contributed by atoms with Gasteiger partial charge < -0.3 is 4.74 Å². The zero-order valence-corrected chi connectivity index (χ0v) is 9.05. The number of rotatable bonds is 2.